The van der Waals surface area contributed by atoms with Gasteiger partial charge in [-0.05, 0) is 85.7 Å². The standard InChI is InChI=1S/C30H46O7/c1-17(2)19(6-5-11-31)12-24(33)18(3)20-8-10-30(37)22-13-25(34)23-14-26(35)27(36)15-28(23,4)21(22)7-9-29(20,30)16-32/h6,11,13,17-18,20-21,23-24,26-27,32-33,35-37H,5,7-10,12,14-16H2,1-4H3/b19-6-/t18-,20+,21-,23-,24+,26+,27-,28+,29-,30+/m0/s1. The van der Waals surface area contributed by atoms with Crippen LogP contribution in [0.25, 0.3) is 0 Å². The number of carbonyl (C=O) groups is 2. The first-order chi connectivity index (χ1) is 17.4. The van der Waals surface area contributed by atoms with E-state index in [9.17, 15) is 35.1 Å². The summed E-state index contributed by atoms with van der Waals surface area (Å²) in [6, 6.07) is 0. The molecule has 7 heteroatoms. The lowest BCUT2D eigenvalue weighted by Gasteiger charge is -2.60. The van der Waals surface area contributed by atoms with Crippen molar-refractivity contribution in [3.05, 3.63) is 23.3 Å². The normalized spacial score (nSPS) is 43.5. The predicted molar refractivity (Wildman–Crippen MR) is 139 cm³/mol. The van der Waals surface area contributed by atoms with Gasteiger partial charge in [0.05, 0.1) is 30.5 Å². The Kier molecular flexibility index (Phi) is 7.97. The van der Waals surface area contributed by atoms with Gasteiger partial charge < -0.3 is 30.3 Å². The summed E-state index contributed by atoms with van der Waals surface area (Å²) in [5, 5.41) is 55.3. The summed E-state index contributed by atoms with van der Waals surface area (Å²) in [6.07, 6.45) is 5.38. The van der Waals surface area contributed by atoms with Gasteiger partial charge >= 0.3 is 0 Å². The van der Waals surface area contributed by atoms with Gasteiger partial charge in [0, 0.05) is 17.8 Å². The average Bonchev–Trinajstić information content (AvgIpc) is 3.16. The van der Waals surface area contributed by atoms with Crippen molar-refractivity contribution < 1.29 is 35.1 Å². The van der Waals surface area contributed by atoms with E-state index in [1.165, 1.54) is 0 Å². The summed E-state index contributed by atoms with van der Waals surface area (Å²) in [7, 11) is 0. The minimum Gasteiger partial charge on any atom is -0.396 e. The number of hydrogen-bond acceptors (Lipinski definition) is 7. The molecule has 0 aromatic carbocycles. The van der Waals surface area contributed by atoms with Crippen LogP contribution in [0.1, 0.15) is 79.1 Å². The zero-order valence-electron chi connectivity index (χ0n) is 22.8. The van der Waals surface area contributed by atoms with E-state index >= 15 is 0 Å². The first kappa shape index (κ1) is 28.6. The molecule has 10 atom stereocenters. The maximum atomic E-state index is 13.3. The SMILES string of the molecule is CC(C)/C(=C\CC=O)C[C@@H](O)[C@@H](C)[C@H]1CC[C@@]2(O)C3=CC(=O)[C@@H]4C[C@@H](O)[C@@H](O)C[C@]4(C)[C@H]3CC[C@]12CO. The third kappa shape index (κ3) is 4.39. The van der Waals surface area contributed by atoms with Gasteiger partial charge in [-0.3, -0.25) is 4.79 Å². The Morgan fingerprint density at radius 1 is 1.14 bits per heavy atom. The third-order valence-electron chi connectivity index (χ3n) is 11.1. The van der Waals surface area contributed by atoms with Crippen molar-refractivity contribution in [2.45, 2.75) is 103 Å². The van der Waals surface area contributed by atoms with Gasteiger partial charge in [0.1, 0.15) is 6.29 Å². The zero-order chi connectivity index (χ0) is 27.3. The molecule has 208 valence electrons. The van der Waals surface area contributed by atoms with Crippen molar-refractivity contribution in [2.75, 3.05) is 6.61 Å². The number of hydrogen-bond donors (Lipinski definition) is 5. The maximum Gasteiger partial charge on any atom is 0.159 e. The first-order valence-corrected chi connectivity index (χ1v) is 14.1. The maximum absolute atomic E-state index is 13.3. The van der Waals surface area contributed by atoms with E-state index in [1.54, 1.807) is 6.08 Å². The molecule has 0 spiro atoms. The van der Waals surface area contributed by atoms with Crippen LogP contribution in [0.5, 0.6) is 0 Å². The second-order valence-electron chi connectivity index (χ2n) is 13.0. The summed E-state index contributed by atoms with van der Waals surface area (Å²) < 4.78 is 0. The van der Waals surface area contributed by atoms with Gasteiger partial charge in [0.15, 0.2) is 5.78 Å². The van der Waals surface area contributed by atoms with Crippen LogP contribution in [0, 0.1) is 40.4 Å². The van der Waals surface area contributed by atoms with Crippen LogP contribution in [0.2, 0.25) is 0 Å². The molecule has 0 aliphatic heterocycles. The lowest BCUT2D eigenvalue weighted by Crippen LogP contribution is -2.62. The summed E-state index contributed by atoms with van der Waals surface area (Å²) in [5.41, 5.74) is -1.08. The second-order valence-corrected chi connectivity index (χ2v) is 13.0. The molecule has 37 heavy (non-hydrogen) atoms. The second kappa shape index (κ2) is 10.3. The number of allylic oxidation sites excluding steroid dienone is 2. The Morgan fingerprint density at radius 3 is 2.46 bits per heavy atom. The molecule has 0 bridgehead atoms. The third-order valence-corrected chi connectivity index (χ3v) is 11.1. The molecule has 0 aromatic rings. The molecule has 0 saturated heterocycles. The minimum atomic E-state index is -1.36. The number of fused-ring (bicyclic) bond motifs is 5. The van der Waals surface area contributed by atoms with Gasteiger partial charge in [-0.1, -0.05) is 39.3 Å². The molecule has 0 heterocycles. The van der Waals surface area contributed by atoms with Crippen LogP contribution in [0.15, 0.2) is 23.3 Å². The quantitative estimate of drug-likeness (QED) is 0.246. The molecule has 3 fully saturated rings. The van der Waals surface area contributed by atoms with Crippen LogP contribution in [0.4, 0.5) is 0 Å². The van der Waals surface area contributed by atoms with E-state index in [-0.39, 0.29) is 42.5 Å². The molecule has 0 radical (unpaired) electrons. The number of carbonyl (C=O) groups excluding carboxylic acids is 2. The van der Waals surface area contributed by atoms with Gasteiger partial charge in [-0.25, -0.2) is 0 Å². The van der Waals surface area contributed by atoms with Crippen LogP contribution in [-0.2, 0) is 9.59 Å². The van der Waals surface area contributed by atoms with Crippen molar-refractivity contribution >= 4 is 12.1 Å². The molecule has 7 nitrogen and oxygen atoms in total. The Bertz CT molecular complexity index is 956. The van der Waals surface area contributed by atoms with Crippen LogP contribution >= 0.6 is 0 Å². The predicted octanol–water partition coefficient (Wildman–Crippen LogP) is 2.72. The lowest BCUT2D eigenvalue weighted by atomic mass is 9.45. The zero-order valence-corrected chi connectivity index (χ0v) is 22.8. The van der Waals surface area contributed by atoms with E-state index in [2.05, 4.69) is 0 Å². The van der Waals surface area contributed by atoms with E-state index in [0.717, 1.165) is 11.9 Å². The van der Waals surface area contributed by atoms with Crippen LogP contribution in [0.3, 0.4) is 0 Å². The van der Waals surface area contributed by atoms with Gasteiger partial charge in [0.2, 0.25) is 0 Å². The van der Waals surface area contributed by atoms with E-state index in [1.807, 2.05) is 33.8 Å². The monoisotopic (exact) mass is 518 g/mol. The molecule has 0 unspecified atom stereocenters. The Hall–Kier alpha value is -1.38. The molecule has 4 rings (SSSR count). The summed E-state index contributed by atoms with van der Waals surface area (Å²) in [4.78, 5) is 24.2. The van der Waals surface area contributed by atoms with Crippen molar-refractivity contribution in [1.29, 1.82) is 0 Å². The highest BCUT2D eigenvalue weighted by Gasteiger charge is 2.68. The minimum absolute atomic E-state index is 0.111. The van der Waals surface area contributed by atoms with Crippen molar-refractivity contribution in [3.63, 3.8) is 0 Å². The number of aliphatic hydroxyl groups excluding tert-OH is 4. The van der Waals surface area contributed by atoms with Gasteiger partial charge in [-0.2, -0.15) is 0 Å². The van der Waals surface area contributed by atoms with Crippen molar-refractivity contribution in [3.8, 4) is 0 Å². The van der Waals surface area contributed by atoms with E-state index in [0.29, 0.717) is 50.5 Å². The molecule has 5 N–H and O–H groups in total. The molecular formula is C30H46O7. The van der Waals surface area contributed by atoms with Crippen molar-refractivity contribution in [2.24, 2.45) is 40.4 Å². The largest absolute Gasteiger partial charge is 0.396 e. The number of aldehydes is 1. The fourth-order valence-electron chi connectivity index (χ4n) is 8.79. The van der Waals surface area contributed by atoms with E-state index in [4.69, 9.17) is 0 Å². The molecule has 4 aliphatic carbocycles. The van der Waals surface area contributed by atoms with Gasteiger partial charge in [-0.15, -0.1) is 0 Å². The molecular weight excluding hydrogens is 472 g/mol. The highest BCUT2D eigenvalue weighted by molar-refractivity contribution is 5.95. The smallest absolute Gasteiger partial charge is 0.159 e. The number of aliphatic hydroxyl groups is 5. The summed E-state index contributed by atoms with van der Waals surface area (Å²) >= 11 is 0. The fraction of sp³-hybridized carbons (Fsp3) is 0.800. The van der Waals surface area contributed by atoms with E-state index < -0.39 is 40.7 Å². The Balaban J connectivity index is 1.65. The highest BCUT2D eigenvalue weighted by atomic mass is 16.3. The van der Waals surface area contributed by atoms with Gasteiger partial charge in [0.25, 0.3) is 0 Å². The molecule has 0 aromatic heterocycles. The van der Waals surface area contributed by atoms with Crippen LogP contribution in [-0.4, -0.2) is 68.1 Å². The first-order valence-electron chi connectivity index (χ1n) is 14.1. The Labute approximate surface area is 220 Å². The molecule has 4 aliphatic rings. The summed E-state index contributed by atoms with van der Waals surface area (Å²) in [6.45, 7) is 7.85. The fourth-order valence-corrected chi connectivity index (χ4v) is 8.79. The average molecular weight is 519 g/mol. The number of rotatable bonds is 8. The van der Waals surface area contributed by atoms with Crippen LogP contribution < -0.4 is 0 Å². The lowest BCUT2D eigenvalue weighted by molar-refractivity contribution is -0.163. The summed E-state index contributed by atoms with van der Waals surface area (Å²) in [5.74, 6) is -0.763. The number of ketones is 1. The molecule has 3 saturated carbocycles. The van der Waals surface area contributed by atoms with Crippen molar-refractivity contribution in [1.82, 2.24) is 0 Å². The topological polar surface area (TPSA) is 135 Å². The Morgan fingerprint density at radius 2 is 1.84 bits per heavy atom. The highest BCUT2D eigenvalue weighted by Crippen LogP contribution is 2.68. The molecule has 0 amide bonds.